The van der Waals surface area contributed by atoms with Crippen LogP contribution in [0.25, 0.3) is 0 Å². The van der Waals surface area contributed by atoms with E-state index in [1.165, 1.54) is 11.3 Å². The number of aryl methyl sites for hydroxylation is 1. The molecule has 0 radical (unpaired) electrons. The summed E-state index contributed by atoms with van der Waals surface area (Å²) in [4.78, 5) is 32.5. The normalized spacial score (nSPS) is 10.4. The molecule has 0 atom stereocenters. The summed E-state index contributed by atoms with van der Waals surface area (Å²) in [5.74, 6) is 0.623. The van der Waals surface area contributed by atoms with Crippen molar-refractivity contribution in [3.63, 3.8) is 0 Å². The van der Waals surface area contributed by atoms with Crippen molar-refractivity contribution >= 4 is 23.2 Å². The molecule has 0 fully saturated rings. The SMILES string of the molecule is Cc1ncsc1C(=O)NCCCC(=O)Oc1ccc(OCc2ccncc2)cc1. The molecule has 0 bridgehead atoms. The van der Waals surface area contributed by atoms with Crippen molar-refractivity contribution in [3.8, 4) is 11.5 Å². The minimum atomic E-state index is -0.348. The number of carbonyl (C=O) groups is 2. The number of benzene rings is 1. The molecule has 2 heterocycles. The summed E-state index contributed by atoms with van der Waals surface area (Å²) < 4.78 is 11.0. The fourth-order valence-electron chi connectivity index (χ4n) is 2.47. The molecule has 29 heavy (non-hydrogen) atoms. The third kappa shape index (κ3) is 6.39. The van der Waals surface area contributed by atoms with Gasteiger partial charge in [-0.3, -0.25) is 14.6 Å². The maximum Gasteiger partial charge on any atom is 0.311 e. The number of thiazole rings is 1. The zero-order valence-corrected chi connectivity index (χ0v) is 16.8. The van der Waals surface area contributed by atoms with Gasteiger partial charge in [0.2, 0.25) is 0 Å². The molecular formula is C21H21N3O4S. The minimum absolute atomic E-state index is 0.166. The molecule has 8 heteroatoms. The second kappa shape index (κ2) is 10.3. The van der Waals surface area contributed by atoms with E-state index in [4.69, 9.17) is 9.47 Å². The zero-order chi connectivity index (χ0) is 20.5. The van der Waals surface area contributed by atoms with Gasteiger partial charge in [0.25, 0.3) is 5.91 Å². The van der Waals surface area contributed by atoms with Crippen LogP contribution >= 0.6 is 11.3 Å². The van der Waals surface area contributed by atoms with E-state index in [0.29, 0.717) is 41.6 Å². The number of hydrogen-bond donors (Lipinski definition) is 1. The van der Waals surface area contributed by atoms with Crippen molar-refractivity contribution in [3.05, 3.63) is 70.4 Å². The highest BCUT2D eigenvalue weighted by Crippen LogP contribution is 2.19. The molecule has 0 unspecified atom stereocenters. The Bertz CT molecular complexity index is 942. The van der Waals surface area contributed by atoms with E-state index in [1.54, 1.807) is 49.1 Å². The van der Waals surface area contributed by atoms with Gasteiger partial charge in [0.05, 0.1) is 11.2 Å². The Labute approximate surface area is 172 Å². The predicted octanol–water partition coefficient (Wildman–Crippen LogP) is 3.54. The average Bonchev–Trinajstić information content (AvgIpc) is 3.17. The number of nitrogens with one attached hydrogen (secondary N) is 1. The molecule has 1 N–H and O–H groups in total. The Morgan fingerprint density at radius 2 is 1.79 bits per heavy atom. The van der Waals surface area contributed by atoms with E-state index in [0.717, 1.165) is 5.56 Å². The highest BCUT2D eigenvalue weighted by atomic mass is 32.1. The molecule has 0 aliphatic heterocycles. The van der Waals surface area contributed by atoms with Gasteiger partial charge in [0, 0.05) is 25.4 Å². The van der Waals surface area contributed by atoms with Gasteiger partial charge in [-0.2, -0.15) is 0 Å². The van der Waals surface area contributed by atoms with E-state index in [-0.39, 0.29) is 18.3 Å². The van der Waals surface area contributed by atoms with Gasteiger partial charge in [-0.1, -0.05) is 0 Å². The number of esters is 1. The summed E-state index contributed by atoms with van der Waals surface area (Å²) in [6, 6.07) is 10.7. The van der Waals surface area contributed by atoms with E-state index in [2.05, 4.69) is 15.3 Å². The standard InChI is InChI=1S/C21H21N3O4S/c1-15-20(29-14-24-15)21(26)23-10-2-3-19(25)28-18-6-4-17(5-7-18)27-13-16-8-11-22-12-9-16/h4-9,11-12,14H,2-3,10,13H2,1H3,(H,23,26). The zero-order valence-electron chi connectivity index (χ0n) is 16.0. The first-order chi connectivity index (χ1) is 14.1. The number of hydrogen-bond acceptors (Lipinski definition) is 7. The Kier molecular flexibility index (Phi) is 7.29. The molecule has 1 amide bonds. The van der Waals surface area contributed by atoms with Crippen molar-refractivity contribution < 1.29 is 19.1 Å². The number of nitrogens with zero attached hydrogens (tertiary/aromatic N) is 2. The van der Waals surface area contributed by atoms with Crippen LogP contribution in [0.5, 0.6) is 11.5 Å². The molecule has 0 aliphatic carbocycles. The van der Waals surface area contributed by atoms with Crippen molar-refractivity contribution in [2.24, 2.45) is 0 Å². The molecule has 0 saturated heterocycles. The number of amides is 1. The number of rotatable bonds is 9. The fraction of sp³-hybridized carbons (Fsp3) is 0.238. The van der Waals surface area contributed by atoms with Crippen molar-refractivity contribution in [1.29, 1.82) is 0 Å². The monoisotopic (exact) mass is 411 g/mol. The molecule has 1 aromatic carbocycles. The molecule has 0 aliphatic rings. The molecular weight excluding hydrogens is 390 g/mol. The lowest BCUT2D eigenvalue weighted by Crippen LogP contribution is -2.25. The largest absolute Gasteiger partial charge is 0.489 e. The van der Waals surface area contributed by atoms with Crippen LogP contribution in [-0.4, -0.2) is 28.4 Å². The highest BCUT2D eigenvalue weighted by Gasteiger charge is 2.11. The smallest absolute Gasteiger partial charge is 0.311 e. The van der Waals surface area contributed by atoms with Crippen LogP contribution in [0.1, 0.15) is 33.8 Å². The van der Waals surface area contributed by atoms with Gasteiger partial charge in [-0.15, -0.1) is 11.3 Å². The van der Waals surface area contributed by atoms with E-state index < -0.39 is 0 Å². The van der Waals surface area contributed by atoms with Crippen LogP contribution < -0.4 is 14.8 Å². The topological polar surface area (TPSA) is 90.4 Å². The third-order valence-electron chi connectivity index (χ3n) is 4.01. The van der Waals surface area contributed by atoms with Crippen LogP contribution in [0.15, 0.2) is 54.3 Å². The summed E-state index contributed by atoms with van der Waals surface area (Å²) in [5.41, 5.74) is 3.37. The molecule has 150 valence electrons. The van der Waals surface area contributed by atoms with Gasteiger partial charge < -0.3 is 14.8 Å². The lowest BCUT2D eigenvalue weighted by Gasteiger charge is -2.08. The summed E-state index contributed by atoms with van der Waals surface area (Å²) in [7, 11) is 0. The van der Waals surface area contributed by atoms with Gasteiger partial charge in [-0.25, -0.2) is 4.98 Å². The molecule has 2 aromatic heterocycles. The molecule has 0 saturated carbocycles. The van der Waals surface area contributed by atoms with Crippen molar-refractivity contribution in [1.82, 2.24) is 15.3 Å². The number of carbonyl (C=O) groups excluding carboxylic acids is 2. The van der Waals surface area contributed by atoms with Crippen LogP contribution in [-0.2, 0) is 11.4 Å². The number of ether oxygens (including phenoxy) is 2. The first-order valence-electron chi connectivity index (χ1n) is 9.12. The predicted molar refractivity (Wildman–Crippen MR) is 109 cm³/mol. The Morgan fingerprint density at radius 1 is 1.07 bits per heavy atom. The second-order valence-corrected chi connectivity index (χ2v) is 7.07. The highest BCUT2D eigenvalue weighted by molar-refractivity contribution is 7.11. The number of pyridine rings is 1. The summed E-state index contributed by atoms with van der Waals surface area (Å²) in [6.07, 6.45) is 4.14. The van der Waals surface area contributed by atoms with Gasteiger partial charge in [0.1, 0.15) is 23.0 Å². The van der Waals surface area contributed by atoms with Crippen molar-refractivity contribution in [2.75, 3.05) is 6.54 Å². The molecule has 3 aromatic rings. The van der Waals surface area contributed by atoms with E-state index in [9.17, 15) is 9.59 Å². The maximum absolute atomic E-state index is 12.0. The van der Waals surface area contributed by atoms with Crippen LogP contribution in [0.3, 0.4) is 0 Å². The molecule has 7 nitrogen and oxygen atoms in total. The fourth-order valence-corrected chi connectivity index (χ4v) is 3.19. The number of aromatic nitrogens is 2. The summed E-state index contributed by atoms with van der Waals surface area (Å²) >= 11 is 1.30. The van der Waals surface area contributed by atoms with E-state index in [1.807, 2.05) is 12.1 Å². The third-order valence-corrected chi connectivity index (χ3v) is 4.93. The summed E-state index contributed by atoms with van der Waals surface area (Å²) in [6.45, 7) is 2.62. The molecule has 0 spiro atoms. The first kappa shape index (κ1) is 20.5. The average molecular weight is 411 g/mol. The Balaban J connectivity index is 1.36. The van der Waals surface area contributed by atoms with Crippen LogP contribution in [0.4, 0.5) is 0 Å². The Hall–Kier alpha value is -3.26. The first-order valence-corrected chi connectivity index (χ1v) is 10.0. The van der Waals surface area contributed by atoms with Crippen LogP contribution in [0.2, 0.25) is 0 Å². The van der Waals surface area contributed by atoms with Crippen molar-refractivity contribution in [2.45, 2.75) is 26.4 Å². The van der Waals surface area contributed by atoms with Gasteiger partial charge in [0.15, 0.2) is 0 Å². The quantitative estimate of drug-likeness (QED) is 0.329. The van der Waals surface area contributed by atoms with Gasteiger partial charge >= 0.3 is 5.97 Å². The van der Waals surface area contributed by atoms with Gasteiger partial charge in [-0.05, 0) is 55.3 Å². The maximum atomic E-state index is 12.0. The lowest BCUT2D eigenvalue weighted by atomic mass is 10.3. The van der Waals surface area contributed by atoms with E-state index >= 15 is 0 Å². The minimum Gasteiger partial charge on any atom is -0.489 e. The second-order valence-electron chi connectivity index (χ2n) is 6.22. The summed E-state index contributed by atoms with van der Waals surface area (Å²) in [5, 5.41) is 2.78. The lowest BCUT2D eigenvalue weighted by molar-refractivity contribution is -0.134. The Morgan fingerprint density at radius 3 is 2.48 bits per heavy atom. The van der Waals surface area contributed by atoms with Crippen LogP contribution in [0, 0.1) is 6.92 Å². The molecule has 3 rings (SSSR count).